The van der Waals surface area contributed by atoms with Gasteiger partial charge in [0.05, 0.1) is 36.9 Å². The van der Waals surface area contributed by atoms with E-state index < -0.39 is 48.8 Å². The fourth-order valence-corrected chi connectivity index (χ4v) is 0.543. The summed E-state index contributed by atoms with van der Waals surface area (Å²) >= 11 is 0. The number of rotatable bonds is 6. The molecule has 0 aromatic carbocycles. The van der Waals surface area contributed by atoms with Gasteiger partial charge in [-0.2, -0.15) is 0 Å². The molecule has 0 amide bonds. The van der Waals surface area contributed by atoms with E-state index in [4.69, 9.17) is 21.7 Å². The number of carboxylic acids is 4. The predicted octanol–water partition coefficient (Wildman–Crippen LogP) is -5.30. The smallest absolute Gasteiger partial charge is 0.548 e. The Hall–Kier alpha value is -1.68. The van der Waals surface area contributed by atoms with Crippen molar-refractivity contribution in [3.8, 4) is 0 Å². The summed E-state index contributed by atoms with van der Waals surface area (Å²) in [7, 11) is 0. The van der Waals surface area contributed by atoms with Crippen LogP contribution in [0.4, 0.5) is 0 Å². The number of carbonyl (C=O) groups is 4. The number of aliphatic carboxylic acids is 4. The summed E-state index contributed by atoms with van der Waals surface area (Å²) in [5.41, 5.74) is 9.55. The molecule has 108 valence electrons. The largest absolute Gasteiger partial charge is 2.00 e. The van der Waals surface area contributed by atoms with Crippen LogP contribution in [-0.2, 0) is 19.2 Å². The summed E-state index contributed by atoms with van der Waals surface area (Å²) in [4.78, 5) is 39.0. The molecule has 0 heterocycles. The fraction of sp³-hybridized carbons (Fsp3) is 0.500. The van der Waals surface area contributed by atoms with Crippen molar-refractivity contribution in [1.82, 2.24) is 0 Å². The van der Waals surface area contributed by atoms with E-state index in [1.165, 1.54) is 0 Å². The van der Waals surface area contributed by atoms with E-state index in [0.717, 1.165) is 0 Å². The van der Waals surface area contributed by atoms with Crippen LogP contribution >= 0.6 is 0 Å². The minimum Gasteiger partial charge on any atom is -0.548 e. The molecule has 2 atom stereocenters. The van der Waals surface area contributed by atoms with Crippen LogP contribution in [0.15, 0.2) is 0 Å². The Morgan fingerprint density at radius 2 is 1.05 bits per heavy atom. The summed E-state index contributed by atoms with van der Waals surface area (Å²) in [5.74, 6) is -5.58. The molecular formula is C8H12N2O8Se. The molecule has 4 radical (unpaired) electrons. The first-order valence-corrected chi connectivity index (χ1v) is 4.44. The second-order valence-electron chi connectivity index (χ2n) is 3.05. The normalized spacial score (nSPS) is 11.9. The Morgan fingerprint density at radius 1 is 0.842 bits per heavy atom. The molecule has 0 aliphatic rings. The summed E-state index contributed by atoms with van der Waals surface area (Å²) in [6.45, 7) is 0. The second-order valence-corrected chi connectivity index (χ2v) is 3.05. The van der Waals surface area contributed by atoms with Gasteiger partial charge in [-0.15, -0.1) is 0 Å². The summed E-state index contributed by atoms with van der Waals surface area (Å²) < 4.78 is 0. The van der Waals surface area contributed by atoms with E-state index in [-0.39, 0.29) is 17.1 Å². The van der Waals surface area contributed by atoms with Crippen molar-refractivity contribution >= 4 is 40.9 Å². The van der Waals surface area contributed by atoms with E-state index in [2.05, 4.69) is 0 Å². The molecule has 0 bridgehead atoms. The van der Waals surface area contributed by atoms with Crippen LogP contribution in [0.3, 0.4) is 0 Å². The molecule has 0 rings (SSSR count). The van der Waals surface area contributed by atoms with E-state index >= 15 is 0 Å². The Balaban J connectivity index is -0.000000256. The van der Waals surface area contributed by atoms with Crippen LogP contribution < -0.4 is 21.7 Å². The van der Waals surface area contributed by atoms with E-state index in [9.17, 15) is 29.4 Å². The second kappa shape index (κ2) is 11.4. The SMILES string of the molecule is N[C@@H](CC(=O)O)C(=O)[O-].N[C@@H](CC(=O)O)C(=O)[O-].[Se+2]. The quantitative estimate of drug-likeness (QED) is 0.337. The van der Waals surface area contributed by atoms with E-state index in [0.29, 0.717) is 0 Å². The van der Waals surface area contributed by atoms with Crippen molar-refractivity contribution in [2.75, 3.05) is 0 Å². The summed E-state index contributed by atoms with van der Waals surface area (Å²) in [6.07, 6.45) is -1.19. The number of nitrogens with two attached hydrogens (primary N) is 2. The van der Waals surface area contributed by atoms with Crippen LogP contribution in [0.5, 0.6) is 0 Å². The molecule has 19 heavy (non-hydrogen) atoms. The van der Waals surface area contributed by atoms with Crippen LogP contribution in [0.1, 0.15) is 12.8 Å². The van der Waals surface area contributed by atoms with E-state index in [1.54, 1.807) is 0 Å². The van der Waals surface area contributed by atoms with E-state index in [1.807, 2.05) is 0 Å². The fourth-order valence-electron chi connectivity index (χ4n) is 0.543. The van der Waals surface area contributed by atoms with Gasteiger partial charge in [0.15, 0.2) is 0 Å². The van der Waals surface area contributed by atoms with Crippen LogP contribution in [0, 0.1) is 0 Å². The third-order valence-corrected chi connectivity index (χ3v) is 1.39. The first-order valence-electron chi connectivity index (χ1n) is 4.44. The Bertz CT molecular complexity index is 303. The van der Waals surface area contributed by atoms with Crippen LogP contribution in [-0.4, -0.2) is 63.2 Å². The molecular weight excluding hydrogens is 331 g/mol. The molecule has 11 heteroatoms. The standard InChI is InChI=1S/2C4H7NO4.Se/c2*5-2(4(8)9)1-3(6)7;/h2*2H,1,5H2,(H,6,7)(H,8,9);/q;;+2/p-2/t2*2-;/m00./s1. The predicted molar refractivity (Wildman–Crippen MR) is 56.2 cm³/mol. The molecule has 0 aromatic rings. The van der Waals surface area contributed by atoms with Crippen LogP contribution in [0.2, 0.25) is 0 Å². The van der Waals surface area contributed by atoms with Gasteiger partial charge in [0.1, 0.15) is 0 Å². The van der Waals surface area contributed by atoms with Crippen LogP contribution in [0.25, 0.3) is 0 Å². The molecule has 0 saturated heterocycles. The molecule has 0 saturated carbocycles. The third-order valence-electron chi connectivity index (χ3n) is 1.39. The van der Waals surface area contributed by atoms with Crippen molar-refractivity contribution in [3.05, 3.63) is 0 Å². The monoisotopic (exact) mass is 344 g/mol. The van der Waals surface area contributed by atoms with Crippen molar-refractivity contribution < 1.29 is 39.6 Å². The van der Waals surface area contributed by atoms with Gasteiger partial charge < -0.3 is 41.5 Å². The van der Waals surface area contributed by atoms with Gasteiger partial charge >= 0.3 is 29.0 Å². The molecule has 10 nitrogen and oxygen atoms in total. The molecule has 0 spiro atoms. The molecule has 0 aromatic heterocycles. The van der Waals surface area contributed by atoms with Gasteiger partial charge in [0, 0.05) is 0 Å². The minimum atomic E-state index is -1.54. The van der Waals surface area contributed by atoms with Gasteiger partial charge in [0.25, 0.3) is 0 Å². The average Bonchev–Trinajstić information content (AvgIpc) is 2.16. The van der Waals surface area contributed by atoms with Gasteiger partial charge in [-0.1, -0.05) is 0 Å². The van der Waals surface area contributed by atoms with Gasteiger partial charge in [-0.05, 0) is 0 Å². The van der Waals surface area contributed by atoms with Crippen molar-refractivity contribution in [3.63, 3.8) is 0 Å². The number of carbonyl (C=O) groups excluding carboxylic acids is 2. The number of carboxylic acid groups (broad SMARTS) is 4. The molecule has 0 fully saturated rings. The minimum absolute atomic E-state index is 0. The average molecular weight is 343 g/mol. The Kier molecular flexibility index (Phi) is 13.5. The molecule has 0 aliphatic carbocycles. The maximum absolute atomic E-state index is 9.74. The van der Waals surface area contributed by atoms with Crippen molar-refractivity contribution in [2.45, 2.75) is 24.9 Å². The first kappa shape index (κ1) is 22.5. The summed E-state index contributed by atoms with van der Waals surface area (Å²) in [5, 5.41) is 35.4. The maximum atomic E-state index is 9.74. The number of hydrogen-bond acceptors (Lipinski definition) is 8. The van der Waals surface area contributed by atoms with Gasteiger partial charge in [-0.3, -0.25) is 9.59 Å². The maximum Gasteiger partial charge on any atom is 2.00 e. The van der Waals surface area contributed by atoms with Crippen molar-refractivity contribution in [2.24, 2.45) is 11.5 Å². The summed E-state index contributed by atoms with van der Waals surface area (Å²) in [6, 6.07) is -2.80. The zero-order chi connectivity index (χ0) is 14.9. The molecule has 0 unspecified atom stereocenters. The Labute approximate surface area is 117 Å². The third kappa shape index (κ3) is 16.3. The zero-order valence-corrected chi connectivity index (χ0v) is 11.2. The number of hydrogen-bond donors (Lipinski definition) is 4. The first-order chi connectivity index (χ1) is 8.07. The van der Waals surface area contributed by atoms with Crippen molar-refractivity contribution in [1.29, 1.82) is 0 Å². The topological polar surface area (TPSA) is 207 Å². The zero-order valence-electron chi connectivity index (χ0n) is 9.48. The van der Waals surface area contributed by atoms with Gasteiger partial charge in [-0.25, -0.2) is 0 Å². The Morgan fingerprint density at radius 3 is 1.11 bits per heavy atom. The molecule has 6 N–H and O–H groups in total. The molecule has 0 aliphatic heterocycles. The van der Waals surface area contributed by atoms with Gasteiger partial charge in [0.2, 0.25) is 0 Å².